The van der Waals surface area contributed by atoms with Crippen molar-refractivity contribution in [3.05, 3.63) is 53.2 Å². The smallest absolute Gasteiger partial charge is 0.191 e. The summed E-state index contributed by atoms with van der Waals surface area (Å²) in [6, 6.07) is 8.29. The lowest BCUT2D eigenvalue weighted by Gasteiger charge is -2.10. The van der Waals surface area contributed by atoms with Gasteiger partial charge in [-0.15, -0.1) is 24.0 Å². The number of nitrogens with one attached hydrogen (secondary N) is 2. The second-order valence-corrected chi connectivity index (χ2v) is 5.28. The van der Waals surface area contributed by atoms with E-state index in [0.717, 1.165) is 17.0 Å². The predicted octanol–water partition coefficient (Wildman–Crippen LogP) is 3.42. The first-order chi connectivity index (χ1) is 10.6. The Bertz CT molecular complexity index is 625. The fourth-order valence-corrected chi connectivity index (χ4v) is 1.86. The van der Waals surface area contributed by atoms with Crippen LogP contribution < -0.4 is 10.6 Å². The molecule has 1 aromatic carbocycles. The fourth-order valence-electron chi connectivity index (χ4n) is 1.86. The molecular formula is C16H22FIN4O. The minimum absolute atomic E-state index is 0. The number of hydrogen-bond acceptors (Lipinski definition) is 3. The number of benzene rings is 1. The first-order valence-electron chi connectivity index (χ1n) is 7.23. The highest BCUT2D eigenvalue weighted by Crippen LogP contribution is 2.13. The SMILES string of the molecule is CN=C(NCc1ccc(F)cc1)NCc1cc(C(C)C)no1.I. The maximum absolute atomic E-state index is 12.8. The summed E-state index contributed by atoms with van der Waals surface area (Å²) >= 11 is 0. The number of aromatic nitrogens is 1. The summed E-state index contributed by atoms with van der Waals surface area (Å²) in [6.07, 6.45) is 0. The average molecular weight is 432 g/mol. The van der Waals surface area contributed by atoms with E-state index in [-0.39, 0.29) is 29.8 Å². The van der Waals surface area contributed by atoms with Gasteiger partial charge in [0.2, 0.25) is 0 Å². The van der Waals surface area contributed by atoms with Crippen LogP contribution in [0.3, 0.4) is 0 Å². The van der Waals surface area contributed by atoms with Crippen molar-refractivity contribution in [2.45, 2.75) is 32.9 Å². The third-order valence-electron chi connectivity index (χ3n) is 3.20. The van der Waals surface area contributed by atoms with E-state index >= 15 is 0 Å². The number of halogens is 2. The summed E-state index contributed by atoms with van der Waals surface area (Å²) < 4.78 is 18.1. The number of guanidine groups is 1. The molecule has 0 atom stereocenters. The summed E-state index contributed by atoms with van der Waals surface area (Å²) in [5, 5.41) is 10.3. The Morgan fingerprint density at radius 2 is 1.87 bits per heavy atom. The lowest BCUT2D eigenvalue weighted by molar-refractivity contribution is 0.372. The molecule has 2 aromatic rings. The topological polar surface area (TPSA) is 62.5 Å². The molecular weight excluding hydrogens is 410 g/mol. The van der Waals surface area contributed by atoms with Crippen molar-refractivity contribution < 1.29 is 8.91 Å². The van der Waals surface area contributed by atoms with Gasteiger partial charge < -0.3 is 15.2 Å². The van der Waals surface area contributed by atoms with Gasteiger partial charge in [0, 0.05) is 19.7 Å². The Kier molecular flexibility index (Phi) is 8.01. The first-order valence-corrected chi connectivity index (χ1v) is 7.23. The minimum atomic E-state index is -0.238. The third kappa shape index (κ3) is 6.17. The number of hydrogen-bond donors (Lipinski definition) is 2. The summed E-state index contributed by atoms with van der Waals surface area (Å²) in [6.45, 7) is 5.20. The molecule has 0 aliphatic carbocycles. The second kappa shape index (κ2) is 9.49. The molecule has 1 aromatic heterocycles. The van der Waals surface area contributed by atoms with Gasteiger partial charge in [-0.3, -0.25) is 4.99 Å². The molecule has 5 nitrogen and oxygen atoms in total. The van der Waals surface area contributed by atoms with E-state index in [2.05, 4.69) is 34.6 Å². The molecule has 0 bridgehead atoms. The Hall–Kier alpha value is -1.64. The van der Waals surface area contributed by atoms with Gasteiger partial charge >= 0.3 is 0 Å². The van der Waals surface area contributed by atoms with Crippen molar-refractivity contribution in [2.24, 2.45) is 4.99 Å². The number of nitrogens with zero attached hydrogens (tertiary/aromatic N) is 2. The summed E-state index contributed by atoms with van der Waals surface area (Å²) in [5.41, 5.74) is 1.91. The van der Waals surface area contributed by atoms with Gasteiger partial charge in [0.25, 0.3) is 0 Å². The molecule has 0 radical (unpaired) electrons. The molecule has 0 amide bonds. The molecule has 0 aliphatic heterocycles. The standard InChI is InChI=1S/C16H21FN4O.HI/c1-11(2)15-8-14(22-21-15)10-20-16(18-3)19-9-12-4-6-13(17)7-5-12;/h4-8,11H,9-10H2,1-3H3,(H2,18,19,20);1H. The van der Waals surface area contributed by atoms with Crippen molar-refractivity contribution in [1.82, 2.24) is 15.8 Å². The monoisotopic (exact) mass is 432 g/mol. The molecule has 2 N–H and O–H groups in total. The largest absolute Gasteiger partial charge is 0.359 e. The summed E-state index contributed by atoms with van der Waals surface area (Å²) in [4.78, 5) is 4.14. The van der Waals surface area contributed by atoms with Crippen LogP contribution in [0.5, 0.6) is 0 Å². The Morgan fingerprint density at radius 3 is 2.43 bits per heavy atom. The van der Waals surface area contributed by atoms with Gasteiger partial charge in [0.05, 0.1) is 12.2 Å². The molecule has 2 rings (SSSR count). The molecule has 0 fully saturated rings. The van der Waals surface area contributed by atoms with Crippen LogP contribution in [0, 0.1) is 5.82 Å². The van der Waals surface area contributed by atoms with Crippen LogP contribution in [0.15, 0.2) is 39.8 Å². The Morgan fingerprint density at radius 1 is 1.22 bits per heavy atom. The average Bonchev–Trinajstić information content (AvgIpc) is 2.98. The van der Waals surface area contributed by atoms with Gasteiger partial charge in [0.15, 0.2) is 11.7 Å². The third-order valence-corrected chi connectivity index (χ3v) is 3.20. The van der Waals surface area contributed by atoms with E-state index in [4.69, 9.17) is 4.52 Å². The highest BCUT2D eigenvalue weighted by molar-refractivity contribution is 14.0. The van der Waals surface area contributed by atoms with Crippen molar-refractivity contribution in [3.63, 3.8) is 0 Å². The molecule has 0 saturated carbocycles. The normalized spacial score (nSPS) is 11.3. The van der Waals surface area contributed by atoms with Gasteiger partial charge in [-0.25, -0.2) is 4.39 Å². The van der Waals surface area contributed by atoms with Gasteiger partial charge in [-0.05, 0) is 23.6 Å². The van der Waals surface area contributed by atoms with Crippen molar-refractivity contribution >= 4 is 29.9 Å². The van der Waals surface area contributed by atoms with Gasteiger partial charge in [-0.2, -0.15) is 0 Å². The lowest BCUT2D eigenvalue weighted by atomic mass is 10.1. The molecule has 7 heteroatoms. The second-order valence-electron chi connectivity index (χ2n) is 5.28. The molecule has 23 heavy (non-hydrogen) atoms. The van der Waals surface area contributed by atoms with Crippen LogP contribution in [0.2, 0.25) is 0 Å². The van der Waals surface area contributed by atoms with Crippen molar-refractivity contribution in [2.75, 3.05) is 7.05 Å². The van der Waals surface area contributed by atoms with Crippen LogP contribution in [-0.4, -0.2) is 18.2 Å². The van der Waals surface area contributed by atoms with E-state index in [1.807, 2.05) is 6.07 Å². The van der Waals surface area contributed by atoms with E-state index in [1.54, 1.807) is 19.2 Å². The Balaban J connectivity index is 0.00000264. The van der Waals surface area contributed by atoms with Crippen molar-refractivity contribution in [1.29, 1.82) is 0 Å². The van der Waals surface area contributed by atoms with Gasteiger partial charge in [-0.1, -0.05) is 31.1 Å². The molecule has 0 unspecified atom stereocenters. The van der Waals surface area contributed by atoms with Crippen LogP contribution in [0.25, 0.3) is 0 Å². The maximum atomic E-state index is 12.8. The fraction of sp³-hybridized carbons (Fsp3) is 0.375. The maximum Gasteiger partial charge on any atom is 0.191 e. The lowest BCUT2D eigenvalue weighted by Crippen LogP contribution is -2.36. The number of aliphatic imine (C=N–C) groups is 1. The zero-order valence-electron chi connectivity index (χ0n) is 13.5. The predicted molar refractivity (Wildman–Crippen MR) is 99.4 cm³/mol. The quantitative estimate of drug-likeness (QED) is 0.432. The van der Waals surface area contributed by atoms with Crippen molar-refractivity contribution in [3.8, 4) is 0 Å². The first kappa shape index (κ1) is 19.4. The van der Waals surface area contributed by atoms with Crippen LogP contribution in [-0.2, 0) is 13.1 Å². The molecule has 0 saturated heterocycles. The molecule has 1 heterocycles. The van der Waals surface area contributed by atoms with Crippen LogP contribution in [0.4, 0.5) is 4.39 Å². The number of rotatable bonds is 5. The highest BCUT2D eigenvalue weighted by Gasteiger charge is 2.08. The van der Waals surface area contributed by atoms with E-state index in [0.29, 0.717) is 25.0 Å². The zero-order valence-corrected chi connectivity index (χ0v) is 15.8. The summed E-state index contributed by atoms with van der Waals surface area (Å²) in [7, 11) is 1.69. The Labute approximate surface area is 152 Å². The molecule has 0 spiro atoms. The van der Waals surface area contributed by atoms with E-state index in [9.17, 15) is 4.39 Å². The van der Waals surface area contributed by atoms with Crippen LogP contribution >= 0.6 is 24.0 Å². The summed E-state index contributed by atoms with van der Waals surface area (Å²) in [5.74, 6) is 1.51. The van der Waals surface area contributed by atoms with Crippen LogP contribution in [0.1, 0.15) is 36.8 Å². The van der Waals surface area contributed by atoms with Gasteiger partial charge in [0.1, 0.15) is 5.82 Å². The molecule has 0 aliphatic rings. The minimum Gasteiger partial charge on any atom is -0.359 e. The zero-order chi connectivity index (χ0) is 15.9. The van der Waals surface area contributed by atoms with E-state index < -0.39 is 0 Å². The molecule has 126 valence electrons. The van der Waals surface area contributed by atoms with E-state index in [1.165, 1.54) is 12.1 Å². The highest BCUT2D eigenvalue weighted by atomic mass is 127.